The molecule has 14 heavy (non-hydrogen) atoms. The fourth-order valence-corrected chi connectivity index (χ4v) is 2.35. The largest absolute Gasteiger partial charge is 0.264 e. The molecule has 1 aliphatic carbocycles. The molecule has 3 aliphatic rings. The predicted octanol–water partition coefficient (Wildman–Crippen LogP) is 2.51. The first kappa shape index (κ1) is 7.92. The van der Waals surface area contributed by atoms with Gasteiger partial charge in [-0.05, 0) is 26.0 Å². The van der Waals surface area contributed by atoms with Gasteiger partial charge in [-0.15, -0.1) is 0 Å². The molecule has 0 aromatic carbocycles. The highest BCUT2D eigenvalue weighted by Crippen LogP contribution is 2.56. The molecule has 2 aliphatic heterocycles. The van der Waals surface area contributed by atoms with Crippen LogP contribution >= 0.6 is 0 Å². The highest BCUT2D eigenvalue weighted by molar-refractivity contribution is 5.97. The maximum Gasteiger partial charge on any atom is 0.0671 e. The van der Waals surface area contributed by atoms with Crippen LogP contribution in [0.5, 0.6) is 0 Å². The smallest absolute Gasteiger partial charge is 0.0671 e. The van der Waals surface area contributed by atoms with Crippen LogP contribution in [0.4, 0.5) is 0 Å². The summed E-state index contributed by atoms with van der Waals surface area (Å²) in [5.74, 6) is 0. The van der Waals surface area contributed by atoms with Gasteiger partial charge in [-0.2, -0.15) is 0 Å². The highest BCUT2D eigenvalue weighted by atomic mass is 15.0. The van der Waals surface area contributed by atoms with Crippen LogP contribution in [0.15, 0.2) is 45.7 Å². The lowest BCUT2D eigenvalue weighted by molar-refractivity contribution is 0.374. The standard InChI is InChI=1S/C12H12N2/c1-11-7-13-9-5-3-4-6-10(14-8-11)12(9,11)2/h3-8H,1-2H3. The lowest BCUT2D eigenvalue weighted by Crippen LogP contribution is -2.34. The van der Waals surface area contributed by atoms with Crippen molar-refractivity contribution in [3.8, 4) is 0 Å². The third-order valence-electron chi connectivity index (χ3n) is 3.66. The van der Waals surface area contributed by atoms with Crippen LogP contribution in [0.1, 0.15) is 13.8 Å². The van der Waals surface area contributed by atoms with E-state index < -0.39 is 0 Å². The van der Waals surface area contributed by atoms with Gasteiger partial charge in [-0.3, -0.25) is 9.98 Å². The van der Waals surface area contributed by atoms with Crippen molar-refractivity contribution in [1.82, 2.24) is 0 Å². The molecule has 0 fully saturated rings. The molecule has 70 valence electrons. The van der Waals surface area contributed by atoms with E-state index in [9.17, 15) is 0 Å². The van der Waals surface area contributed by atoms with Crippen LogP contribution in [0.2, 0.25) is 0 Å². The zero-order valence-electron chi connectivity index (χ0n) is 8.36. The summed E-state index contributed by atoms with van der Waals surface area (Å²) in [5.41, 5.74) is 2.17. The van der Waals surface area contributed by atoms with Gasteiger partial charge in [0.15, 0.2) is 0 Å². The summed E-state index contributed by atoms with van der Waals surface area (Å²) in [7, 11) is 0. The SMILES string of the molecule is CC12C=NC3=CC=CC=C(N=C1)C32C. The van der Waals surface area contributed by atoms with Gasteiger partial charge < -0.3 is 0 Å². The maximum atomic E-state index is 4.50. The van der Waals surface area contributed by atoms with Crippen LogP contribution in [-0.4, -0.2) is 12.4 Å². The summed E-state index contributed by atoms with van der Waals surface area (Å²) >= 11 is 0. The van der Waals surface area contributed by atoms with E-state index in [0.717, 1.165) is 11.4 Å². The first-order valence-corrected chi connectivity index (χ1v) is 4.87. The second-order valence-electron chi connectivity index (χ2n) is 4.41. The van der Waals surface area contributed by atoms with E-state index in [1.54, 1.807) is 0 Å². The molecule has 2 heterocycles. The Hall–Kier alpha value is -1.44. The van der Waals surface area contributed by atoms with Crippen molar-refractivity contribution < 1.29 is 0 Å². The zero-order valence-corrected chi connectivity index (χ0v) is 8.36. The summed E-state index contributed by atoms with van der Waals surface area (Å²) in [6.45, 7) is 4.41. The second kappa shape index (κ2) is 2.14. The molecular formula is C12H12N2. The van der Waals surface area contributed by atoms with Crippen LogP contribution in [0, 0.1) is 10.8 Å². The van der Waals surface area contributed by atoms with Gasteiger partial charge in [0.25, 0.3) is 0 Å². The Morgan fingerprint density at radius 3 is 1.93 bits per heavy atom. The molecule has 0 aromatic rings. The third-order valence-corrected chi connectivity index (χ3v) is 3.66. The molecule has 0 unspecified atom stereocenters. The van der Waals surface area contributed by atoms with Crippen molar-refractivity contribution >= 4 is 12.4 Å². The fourth-order valence-electron chi connectivity index (χ4n) is 2.35. The Bertz CT molecular complexity index is 413. The molecule has 3 rings (SSSR count). The molecule has 0 saturated carbocycles. The molecular weight excluding hydrogens is 172 g/mol. The molecule has 0 spiro atoms. The molecule has 0 bridgehead atoms. The van der Waals surface area contributed by atoms with E-state index in [0.29, 0.717) is 0 Å². The Balaban J connectivity index is 2.34. The molecule has 0 radical (unpaired) electrons. The van der Waals surface area contributed by atoms with E-state index in [2.05, 4.69) is 36.0 Å². The van der Waals surface area contributed by atoms with Crippen molar-refractivity contribution in [2.75, 3.05) is 0 Å². The summed E-state index contributed by atoms with van der Waals surface area (Å²) in [6.07, 6.45) is 12.3. The topological polar surface area (TPSA) is 24.7 Å². The minimum Gasteiger partial charge on any atom is -0.264 e. The van der Waals surface area contributed by atoms with Gasteiger partial charge in [0.2, 0.25) is 0 Å². The third kappa shape index (κ3) is 0.649. The number of hydrogen-bond acceptors (Lipinski definition) is 2. The Labute approximate surface area is 83.5 Å². The summed E-state index contributed by atoms with van der Waals surface area (Å²) < 4.78 is 0. The van der Waals surface area contributed by atoms with Gasteiger partial charge in [-0.1, -0.05) is 12.2 Å². The Morgan fingerprint density at radius 1 is 0.929 bits per heavy atom. The van der Waals surface area contributed by atoms with Gasteiger partial charge in [0.1, 0.15) is 0 Å². The maximum absolute atomic E-state index is 4.50. The summed E-state index contributed by atoms with van der Waals surface area (Å²) in [4.78, 5) is 8.99. The molecule has 2 heteroatoms. The van der Waals surface area contributed by atoms with Crippen LogP contribution < -0.4 is 0 Å². The van der Waals surface area contributed by atoms with Crippen LogP contribution in [0.3, 0.4) is 0 Å². The van der Waals surface area contributed by atoms with Crippen LogP contribution in [-0.2, 0) is 0 Å². The van der Waals surface area contributed by atoms with Crippen LogP contribution in [0.25, 0.3) is 0 Å². The molecule has 0 saturated heterocycles. The lowest BCUT2D eigenvalue weighted by atomic mass is 9.67. The average Bonchev–Trinajstić information content (AvgIpc) is 2.49. The Morgan fingerprint density at radius 2 is 1.43 bits per heavy atom. The molecule has 0 aromatic heterocycles. The van der Waals surface area contributed by atoms with E-state index in [4.69, 9.17) is 0 Å². The molecule has 2 nitrogen and oxygen atoms in total. The number of nitrogens with zero attached hydrogens (tertiary/aromatic N) is 2. The van der Waals surface area contributed by atoms with Gasteiger partial charge in [0, 0.05) is 12.4 Å². The van der Waals surface area contributed by atoms with E-state index in [1.165, 1.54) is 0 Å². The monoisotopic (exact) mass is 184 g/mol. The zero-order chi connectivity index (χ0) is 9.81. The van der Waals surface area contributed by atoms with Gasteiger partial charge in [-0.25, -0.2) is 0 Å². The van der Waals surface area contributed by atoms with Crippen molar-refractivity contribution in [3.63, 3.8) is 0 Å². The van der Waals surface area contributed by atoms with Crippen molar-refractivity contribution in [2.45, 2.75) is 13.8 Å². The number of rotatable bonds is 0. The minimum atomic E-state index is -0.0451. The Kier molecular flexibility index (Phi) is 1.21. The number of aliphatic imine (C=N–C) groups is 2. The predicted molar refractivity (Wildman–Crippen MR) is 58.5 cm³/mol. The molecule has 0 N–H and O–H groups in total. The van der Waals surface area contributed by atoms with Gasteiger partial charge >= 0.3 is 0 Å². The average molecular weight is 184 g/mol. The highest BCUT2D eigenvalue weighted by Gasteiger charge is 2.55. The van der Waals surface area contributed by atoms with E-state index in [-0.39, 0.29) is 10.8 Å². The first-order valence-electron chi connectivity index (χ1n) is 4.87. The minimum absolute atomic E-state index is 0.0311. The quantitative estimate of drug-likeness (QED) is 0.552. The van der Waals surface area contributed by atoms with Gasteiger partial charge in [0.05, 0.1) is 22.2 Å². The van der Waals surface area contributed by atoms with Crippen molar-refractivity contribution in [1.29, 1.82) is 0 Å². The molecule has 0 atom stereocenters. The summed E-state index contributed by atoms with van der Waals surface area (Å²) in [5, 5.41) is 0. The fraction of sp³-hybridized carbons (Fsp3) is 0.333. The normalized spacial score (nSPS) is 42.1. The van der Waals surface area contributed by atoms with Crippen molar-refractivity contribution in [2.24, 2.45) is 20.8 Å². The second-order valence-corrected chi connectivity index (χ2v) is 4.41. The van der Waals surface area contributed by atoms with E-state index in [1.807, 2.05) is 24.6 Å². The lowest BCUT2D eigenvalue weighted by Gasteiger charge is -2.31. The first-order chi connectivity index (χ1) is 6.67. The number of hydrogen-bond donors (Lipinski definition) is 0. The summed E-state index contributed by atoms with van der Waals surface area (Å²) in [6, 6.07) is 0. The van der Waals surface area contributed by atoms with E-state index >= 15 is 0 Å². The van der Waals surface area contributed by atoms with Crippen molar-refractivity contribution in [3.05, 3.63) is 35.7 Å². The molecule has 0 amide bonds. The number of allylic oxidation sites excluding steroid dienone is 4.